The average molecular weight is 185 g/mol. The fraction of sp³-hybridized carbons (Fsp3) is 0.375. The van der Waals surface area contributed by atoms with Crippen molar-refractivity contribution in [1.29, 1.82) is 0 Å². The average Bonchev–Trinajstić information content (AvgIpc) is 2.03. The first-order chi connectivity index (χ1) is 5.54. The molecule has 4 heteroatoms. The van der Waals surface area contributed by atoms with E-state index < -0.39 is 9.84 Å². The predicted molar refractivity (Wildman–Crippen MR) is 46.7 cm³/mol. The van der Waals surface area contributed by atoms with Gasteiger partial charge in [0.1, 0.15) is 0 Å². The third-order valence-electron chi connectivity index (χ3n) is 1.59. The highest BCUT2D eigenvalue weighted by atomic mass is 32.2. The number of hydrogen-bond donors (Lipinski definition) is 0. The van der Waals surface area contributed by atoms with E-state index >= 15 is 0 Å². The summed E-state index contributed by atoms with van der Waals surface area (Å²) in [6.07, 6.45) is 3.51. The topological polar surface area (TPSA) is 47.0 Å². The molecule has 0 bridgehead atoms. The Hall–Kier alpha value is -0.900. The van der Waals surface area contributed by atoms with Crippen LogP contribution >= 0.6 is 0 Å². The van der Waals surface area contributed by atoms with Crippen molar-refractivity contribution in [2.24, 2.45) is 0 Å². The second-order valence-electron chi connectivity index (χ2n) is 2.63. The van der Waals surface area contributed by atoms with Gasteiger partial charge in [-0.25, -0.2) is 13.4 Å². The fourth-order valence-corrected chi connectivity index (χ4v) is 1.49. The van der Waals surface area contributed by atoms with Gasteiger partial charge in [0.25, 0.3) is 0 Å². The van der Waals surface area contributed by atoms with E-state index in [2.05, 4.69) is 4.98 Å². The lowest BCUT2D eigenvalue weighted by Crippen LogP contribution is -2.00. The number of aryl methyl sites for hydroxylation is 1. The van der Waals surface area contributed by atoms with E-state index in [1.54, 1.807) is 6.07 Å². The molecule has 0 saturated heterocycles. The third-order valence-corrected chi connectivity index (χ3v) is 2.57. The molecule has 0 aliphatic rings. The van der Waals surface area contributed by atoms with E-state index in [-0.39, 0.29) is 5.03 Å². The minimum absolute atomic E-state index is 0.154. The SMILES string of the molecule is CCc1ccnc(S(C)(=O)=O)c1. The Bertz CT molecular complexity index is 370. The van der Waals surface area contributed by atoms with Gasteiger partial charge in [0, 0.05) is 12.5 Å². The van der Waals surface area contributed by atoms with E-state index in [9.17, 15) is 8.42 Å². The monoisotopic (exact) mass is 185 g/mol. The summed E-state index contributed by atoms with van der Waals surface area (Å²) in [5.41, 5.74) is 0.991. The summed E-state index contributed by atoms with van der Waals surface area (Å²) in [6.45, 7) is 1.97. The Kier molecular flexibility index (Phi) is 2.47. The summed E-state index contributed by atoms with van der Waals surface area (Å²) in [5.74, 6) is 0. The van der Waals surface area contributed by atoms with Crippen LogP contribution in [0.2, 0.25) is 0 Å². The van der Waals surface area contributed by atoms with Crippen LogP contribution in [0, 0.1) is 0 Å². The Labute approximate surface area is 72.4 Å². The lowest BCUT2D eigenvalue weighted by atomic mass is 10.2. The van der Waals surface area contributed by atoms with Crippen molar-refractivity contribution in [3.8, 4) is 0 Å². The Morgan fingerprint density at radius 1 is 1.50 bits per heavy atom. The van der Waals surface area contributed by atoms with Crippen molar-refractivity contribution in [1.82, 2.24) is 4.98 Å². The lowest BCUT2D eigenvalue weighted by molar-refractivity contribution is 0.598. The van der Waals surface area contributed by atoms with Crippen LogP contribution in [0.1, 0.15) is 12.5 Å². The van der Waals surface area contributed by atoms with Crippen molar-refractivity contribution in [3.05, 3.63) is 23.9 Å². The van der Waals surface area contributed by atoms with Crippen molar-refractivity contribution in [3.63, 3.8) is 0 Å². The molecule has 66 valence electrons. The summed E-state index contributed by atoms with van der Waals surface area (Å²) < 4.78 is 22.1. The summed E-state index contributed by atoms with van der Waals surface area (Å²) in [7, 11) is -3.15. The number of rotatable bonds is 2. The van der Waals surface area contributed by atoms with E-state index in [4.69, 9.17) is 0 Å². The van der Waals surface area contributed by atoms with Gasteiger partial charge in [-0.3, -0.25) is 0 Å². The molecule has 0 fully saturated rings. The Morgan fingerprint density at radius 3 is 2.67 bits per heavy atom. The van der Waals surface area contributed by atoms with Crippen LogP contribution in [0.15, 0.2) is 23.4 Å². The number of aromatic nitrogens is 1. The highest BCUT2D eigenvalue weighted by Gasteiger charge is 2.07. The zero-order chi connectivity index (χ0) is 9.19. The molecule has 1 aromatic rings. The first-order valence-electron chi connectivity index (χ1n) is 3.69. The molecule has 0 atom stereocenters. The highest BCUT2D eigenvalue weighted by molar-refractivity contribution is 7.90. The summed E-state index contributed by atoms with van der Waals surface area (Å²) >= 11 is 0. The van der Waals surface area contributed by atoms with Gasteiger partial charge in [0.15, 0.2) is 14.9 Å². The zero-order valence-electron chi connectivity index (χ0n) is 7.11. The predicted octanol–water partition coefficient (Wildman–Crippen LogP) is 1.05. The van der Waals surface area contributed by atoms with Crippen LogP contribution in [0.5, 0.6) is 0 Å². The Morgan fingerprint density at radius 2 is 2.17 bits per heavy atom. The molecule has 0 radical (unpaired) electrons. The number of nitrogens with zero attached hydrogens (tertiary/aromatic N) is 1. The normalized spacial score (nSPS) is 11.5. The van der Waals surface area contributed by atoms with E-state index in [0.717, 1.165) is 18.2 Å². The lowest BCUT2D eigenvalue weighted by Gasteiger charge is -1.98. The molecule has 0 amide bonds. The van der Waals surface area contributed by atoms with Gasteiger partial charge in [-0.2, -0.15) is 0 Å². The quantitative estimate of drug-likeness (QED) is 0.691. The summed E-state index contributed by atoms with van der Waals surface area (Å²) in [6, 6.07) is 3.42. The van der Waals surface area contributed by atoms with Crippen LogP contribution in [-0.4, -0.2) is 19.7 Å². The van der Waals surface area contributed by atoms with E-state index in [1.807, 2.05) is 13.0 Å². The van der Waals surface area contributed by atoms with Crippen LogP contribution in [-0.2, 0) is 16.3 Å². The molecule has 1 heterocycles. The molecular formula is C8H11NO2S. The number of sulfone groups is 1. The highest BCUT2D eigenvalue weighted by Crippen LogP contribution is 2.07. The molecule has 1 aromatic heterocycles. The van der Waals surface area contributed by atoms with Gasteiger partial charge in [-0.05, 0) is 24.1 Å². The van der Waals surface area contributed by atoms with Crippen LogP contribution in [0.4, 0.5) is 0 Å². The first kappa shape index (κ1) is 9.19. The standard InChI is InChI=1S/C8H11NO2S/c1-3-7-4-5-9-8(6-7)12(2,10)11/h4-6H,3H2,1-2H3. The van der Waals surface area contributed by atoms with Crippen molar-refractivity contribution < 1.29 is 8.42 Å². The van der Waals surface area contributed by atoms with Gasteiger partial charge in [0.05, 0.1) is 0 Å². The molecule has 0 aliphatic heterocycles. The maximum absolute atomic E-state index is 11.0. The van der Waals surface area contributed by atoms with Crippen molar-refractivity contribution >= 4 is 9.84 Å². The molecule has 0 aliphatic carbocycles. The van der Waals surface area contributed by atoms with Crippen molar-refractivity contribution in [2.45, 2.75) is 18.4 Å². The smallest absolute Gasteiger partial charge is 0.192 e. The van der Waals surface area contributed by atoms with Crippen molar-refractivity contribution in [2.75, 3.05) is 6.26 Å². The maximum atomic E-state index is 11.0. The maximum Gasteiger partial charge on any atom is 0.192 e. The van der Waals surface area contributed by atoms with Gasteiger partial charge < -0.3 is 0 Å². The van der Waals surface area contributed by atoms with Gasteiger partial charge in [-0.15, -0.1) is 0 Å². The van der Waals surface area contributed by atoms with Gasteiger partial charge in [-0.1, -0.05) is 6.92 Å². The molecule has 0 aromatic carbocycles. The molecular weight excluding hydrogens is 174 g/mol. The second-order valence-corrected chi connectivity index (χ2v) is 4.59. The van der Waals surface area contributed by atoms with Crippen LogP contribution in [0.3, 0.4) is 0 Å². The second kappa shape index (κ2) is 3.23. The molecule has 0 spiro atoms. The molecule has 12 heavy (non-hydrogen) atoms. The van der Waals surface area contributed by atoms with E-state index in [0.29, 0.717) is 0 Å². The first-order valence-corrected chi connectivity index (χ1v) is 5.58. The molecule has 0 N–H and O–H groups in total. The molecule has 0 unspecified atom stereocenters. The van der Waals surface area contributed by atoms with Gasteiger partial charge >= 0.3 is 0 Å². The van der Waals surface area contributed by atoms with Gasteiger partial charge in [0.2, 0.25) is 0 Å². The molecule has 1 rings (SSSR count). The molecule has 3 nitrogen and oxygen atoms in total. The van der Waals surface area contributed by atoms with Crippen LogP contribution in [0.25, 0.3) is 0 Å². The zero-order valence-corrected chi connectivity index (χ0v) is 7.93. The summed E-state index contributed by atoms with van der Waals surface area (Å²) in [5, 5.41) is 0.154. The van der Waals surface area contributed by atoms with Crippen LogP contribution < -0.4 is 0 Å². The summed E-state index contributed by atoms with van der Waals surface area (Å²) in [4.78, 5) is 3.77. The fourth-order valence-electron chi connectivity index (χ4n) is 0.873. The third kappa shape index (κ3) is 2.04. The number of hydrogen-bond acceptors (Lipinski definition) is 3. The number of pyridine rings is 1. The largest absolute Gasteiger partial charge is 0.245 e. The van der Waals surface area contributed by atoms with E-state index in [1.165, 1.54) is 6.20 Å². The molecule has 0 saturated carbocycles. The Balaban J connectivity index is 3.20. The minimum atomic E-state index is -3.15. The minimum Gasteiger partial charge on any atom is -0.245 e.